The van der Waals surface area contributed by atoms with Crippen LogP contribution in [0.15, 0.2) is 60.7 Å². The number of amides is 9. The lowest BCUT2D eigenvalue weighted by Crippen LogP contribution is -2.61. The van der Waals surface area contributed by atoms with Crippen LogP contribution in [0.2, 0.25) is 0 Å². The van der Waals surface area contributed by atoms with Crippen LogP contribution in [-0.2, 0) is 65.6 Å². The van der Waals surface area contributed by atoms with E-state index in [1.165, 1.54) is 9.80 Å². The predicted molar refractivity (Wildman–Crippen MR) is 280 cm³/mol. The van der Waals surface area contributed by atoms with Gasteiger partial charge in [0.05, 0.1) is 19.1 Å². The van der Waals surface area contributed by atoms with Crippen molar-refractivity contribution < 1.29 is 68.1 Å². The number of nitrogens with two attached hydrogens (primary N) is 2. The van der Waals surface area contributed by atoms with E-state index in [1.807, 2.05) is 0 Å². The Bertz CT molecular complexity index is 2370. The second kappa shape index (κ2) is 30.9. The summed E-state index contributed by atoms with van der Waals surface area (Å²) in [7, 11) is 0. The van der Waals surface area contributed by atoms with E-state index in [4.69, 9.17) is 11.5 Å². The Hall–Kier alpha value is -7.47. The molecule has 24 heteroatoms. The van der Waals surface area contributed by atoms with Crippen molar-refractivity contribution in [1.29, 1.82) is 0 Å². The van der Waals surface area contributed by atoms with Crippen LogP contribution in [0.1, 0.15) is 104 Å². The first-order chi connectivity index (χ1) is 36.0. The molecule has 0 radical (unpaired) electrons. The van der Waals surface area contributed by atoms with Crippen molar-refractivity contribution in [3.63, 3.8) is 0 Å². The molecule has 0 unspecified atom stereocenters. The first-order valence-corrected chi connectivity index (χ1v) is 25.6. The number of aliphatic hydroxyl groups excluding tert-OH is 1. The maximum atomic E-state index is 14.8. The van der Waals surface area contributed by atoms with Crippen molar-refractivity contribution in [2.45, 2.75) is 160 Å². The molecular weight excluding hydrogens is 1000 g/mol. The van der Waals surface area contributed by atoms with E-state index in [1.54, 1.807) is 88.4 Å². The summed E-state index contributed by atoms with van der Waals surface area (Å²) in [5.41, 5.74) is 12.3. The highest BCUT2D eigenvalue weighted by Crippen LogP contribution is 2.23. The fourth-order valence-corrected chi connectivity index (χ4v) is 9.14. The number of rotatable bonds is 29. The van der Waals surface area contributed by atoms with Crippen LogP contribution >= 0.6 is 0 Å². The maximum Gasteiger partial charge on any atom is 0.326 e. The van der Waals surface area contributed by atoms with Crippen LogP contribution in [0.5, 0.6) is 0 Å². The minimum Gasteiger partial charge on any atom is -0.481 e. The topological polar surface area (TPSA) is 379 Å². The van der Waals surface area contributed by atoms with Crippen molar-refractivity contribution in [1.82, 2.24) is 41.7 Å². The summed E-state index contributed by atoms with van der Waals surface area (Å²) >= 11 is 0. The number of nitrogens with zero attached hydrogens (tertiary/aromatic N) is 2. The number of benzene rings is 2. The van der Waals surface area contributed by atoms with Crippen molar-refractivity contribution in [3.8, 4) is 0 Å². The van der Waals surface area contributed by atoms with Gasteiger partial charge in [-0.1, -0.05) is 95.8 Å². The number of nitrogens with one attached hydrogen (secondary N) is 6. The van der Waals surface area contributed by atoms with E-state index in [0.29, 0.717) is 24.0 Å². The number of carbonyl (C=O) groups is 11. The smallest absolute Gasteiger partial charge is 0.326 e. The van der Waals surface area contributed by atoms with Crippen LogP contribution in [0.25, 0.3) is 0 Å². The Kier molecular flexibility index (Phi) is 25.6. The van der Waals surface area contributed by atoms with E-state index >= 15 is 0 Å². The molecule has 24 nitrogen and oxygen atoms in total. The summed E-state index contributed by atoms with van der Waals surface area (Å²) in [4.78, 5) is 149. The number of likely N-dealkylation sites (tertiary alicyclic amines) is 2. The average molecular weight is 1080 g/mol. The fourth-order valence-electron chi connectivity index (χ4n) is 9.14. The van der Waals surface area contributed by atoms with Crippen LogP contribution in [0, 0.1) is 11.8 Å². The molecule has 9 atom stereocenters. The molecule has 2 fully saturated rings. The van der Waals surface area contributed by atoms with Crippen LogP contribution in [-0.4, -0.2) is 164 Å². The maximum absolute atomic E-state index is 14.8. The number of hydrogen-bond donors (Lipinski definition) is 11. The number of aliphatic carboxylic acids is 2. The summed E-state index contributed by atoms with van der Waals surface area (Å²) < 4.78 is 0. The number of primary amides is 1. The van der Waals surface area contributed by atoms with Gasteiger partial charge in [-0.15, -0.1) is 0 Å². The van der Waals surface area contributed by atoms with E-state index in [-0.39, 0.29) is 83.7 Å². The van der Waals surface area contributed by atoms with E-state index in [2.05, 4.69) is 31.9 Å². The SMILES string of the molecule is C.CC(C)C[C@H](NC(=O)[C@H](CC(=O)O)NC(=O)[C@H](Cc1ccccc1)NC(=O)[C@@H]1CCCN1C(=O)[C@H](Cc1ccccc1)NC(=O)[C@@H]1CCCN1C(=O)[C@H](CO)NC(=O)[C@H](CC(C)C)NC(=O)[C@@H](N)CCC(N)=O)C(=O)O. The highest BCUT2D eigenvalue weighted by Gasteiger charge is 2.43. The molecular formula is C53H78N10O14. The van der Waals surface area contributed by atoms with Crippen molar-refractivity contribution in [2.24, 2.45) is 23.3 Å². The van der Waals surface area contributed by atoms with Crippen LogP contribution in [0.4, 0.5) is 0 Å². The van der Waals surface area contributed by atoms with Crippen molar-refractivity contribution in [3.05, 3.63) is 71.8 Å². The van der Waals surface area contributed by atoms with Gasteiger partial charge in [0.1, 0.15) is 48.3 Å². The highest BCUT2D eigenvalue weighted by atomic mass is 16.4. The summed E-state index contributed by atoms with van der Waals surface area (Å²) in [5, 5.41) is 45.1. The van der Waals surface area contributed by atoms with Gasteiger partial charge in [0.25, 0.3) is 0 Å². The monoisotopic (exact) mass is 1080 g/mol. The van der Waals surface area contributed by atoms with Crippen LogP contribution in [0.3, 0.4) is 0 Å². The zero-order chi connectivity index (χ0) is 56.2. The van der Waals surface area contributed by atoms with Gasteiger partial charge in [0, 0.05) is 32.4 Å². The molecule has 2 aromatic carbocycles. The Balaban J connectivity index is 0.0000156. The van der Waals surface area contributed by atoms with E-state index in [0.717, 1.165) is 0 Å². The fraction of sp³-hybridized carbons (Fsp3) is 0.566. The Morgan fingerprint density at radius 3 is 1.45 bits per heavy atom. The lowest BCUT2D eigenvalue weighted by molar-refractivity contribution is -0.145. The van der Waals surface area contributed by atoms with Crippen molar-refractivity contribution >= 4 is 65.1 Å². The molecule has 2 heterocycles. The third-order valence-corrected chi connectivity index (χ3v) is 13.0. The van der Waals surface area contributed by atoms with E-state index < -0.39 is 133 Å². The number of carboxylic acid groups (broad SMARTS) is 2. The van der Waals surface area contributed by atoms with Gasteiger partial charge in [-0.3, -0.25) is 47.9 Å². The highest BCUT2D eigenvalue weighted by molar-refractivity contribution is 5.99. The molecule has 77 heavy (non-hydrogen) atoms. The molecule has 0 aliphatic carbocycles. The number of carboxylic acids is 2. The van der Waals surface area contributed by atoms with Gasteiger partial charge in [-0.25, -0.2) is 4.79 Å². The molecule has 2 aliphatic heterocycles. The van der Waals surface area contributed by atoms with Gasteiger partial charge in [0.2, 0.25) is 53.2 Å². The van der Waals surface area contributed by atoms with Crippen molar-refractivity contribution in [2.75, 3.05) is 19.7 Å². The molecule has 0 saturated carbocycles. The predicted octanol–water partition coefficient (Wildman–Crippen LogP) is -0.765. The molecule has 0 spiro atoms. The molecule has 4 rings (SSSR count). The molecule has 424 valence electrons. The number of carbonyl (C=O) groups excluding carboxylic acids is 9. The third kappa shape index (κ3) is 19.9. The molecule has 0 bridgehead atoms. The molecule has 2 saturated heterocycles. The summed E-state index contributed by atoms with van der Waals surface area (Å²) in [6.45, 7) is 6.31. The largest absolute Gasteiger partial charge is 0.481 e. The van der Waals surface area contributed by atoms with Gasteiger partial charge < -0.3 is 68.5 Å². The molecule has 2 aliphatic rings. The third-order valence-electron chi connectivity index (χ3n) is 13.0. The molecule has 13 N–H and O–H groups in total. The Labute approximate surface area is 448 Å². The average Bonchev–Trinajstić information content (AvgIpc) is 4.07. The second-order valence-corrected chi connectivity index (χ2v) is 20.1. The number of hydrogen-bond acceptors (Lipinski definition) is 13. The molecule has 0 aromatic heterocycles. The Morgan fingerprint density at radius 2 is 0.987 bits per heavy atom. The first kappa shape index (κ1) is 63.8. The molecule has 9 amide bonds. The summed E-state index contributed by atoms with van der Waals surface area (Å²) in [6, 6.07) is 5.09. The normalized spacial score (nSPS) is 17.8. The number of aliphatic hydroxyl groups is 1. The van der Waals surface area contributed by atoms with Gasteiger partial charge in [-0.2, -0.15) is 0 Å². The van der Waals surface area contributed by atoms with Gasteiger partial charge in [0.15, 0.2) is 0 Å². The minimum absolute atomic E-state index is 0. The zero-order valence-corrected chi connectivity index (χ0v) is 43.4. The van der Waals surface area contributed by atoms with Gasteiger partial charge >= 0.3 is 11.9 Å². The summed E-state index contributed by atoms with van der Waals surface area (Å²) in [6.07, 6.45) is -0.226. The Morgan fingerprint density at radius 1 is 0.571 bits per heavy atom. The van der Waals surface area contributed by atoms with Gasteiger partial charge in [-0.05, 0) is 67.9 Å². The molecule has 2 aromatic rings. The minimum atomic E-state index is -1.74. The second-order valence-electron chi connectivity index (χ2n) is 20.1. The lowest BCUT2D eigenvalue weighted by atomic mass is 10.0. The van der Waals surface area contributed by atoms with E-state index in [9.17, 15) is 68.1 Å². The quantitative estimate of drug-likeness (QED) is 0.0477. The summed E-state index contributed by atoms with van der Waals surface area (Å²) in [5.74, 6) is -10.3. The zero-order valence-electron chi connectivity index (χ0n) is 43.4. The lowest BCUT2D eigenvalue weighted by Gasteiger charge is -2.32. The first-order valence-electron chi connectivity index (χ1n) is 25.6. The van der Waals surface area contributed by atoms with Crippen LogP contribution < -0.4 is 43.4 Å². The standard InChI is InChI=1S/C52H74N10O14.CH4/c1-29(2)23-34(55-44(67)33(53)19-20-42(54)64)45(68)60-39(28-63)51(74)62-22-12-18-41(62)49(72)58-37(26-32-15-9-6-10-16-32)50(73)61-21-11-17-40(61)48(71)57-35(25-31-13-7-5-8-14-31)46(69)56-36(27-43(65)66)47(70)59-38(52(75)76)24-30(3)4;/h5-10,13-16,29-30,33-41,63H,11-12,17-28,53H2,1-4H3,(H2,54,64)(H,55,67)(H,56,69)(H,57,71)(H,58,72)(H,59,70)(H,60,68)(H,65,66)(H,75,76);1H4/t33-,34-,35-,36-,37-,38-,39-,40-,41-;/m0./s1.